The number of hydrogen-bond acceptors (Lipinski definition) is 5. The first kappa shape index (κ1) is 34.5. The minimum absolute atomic E-state index is 0. The summed E-state index contributed by atoms with van der Waals surface area (Å²) in [6, 6.07) is 0. The molecule has 9 nitrogen and oxygen atoms in total. The van der Waals surface area contributed by atoms with Crippen molar-refractivity contribution in [1.82, 2.24) is 19.0 Å². The van der Waals surface area contributed by atoms with Gasteiger partial charge in [0.1, 0.15) is 0 Å². The maximum absolute atomic E-state index is 13.1. The summed E-state index contributed by atoms with van der Waals surface area (Å²) in [5.41, 5.74) is -1.52. The van der Waals surface area contributed by atoms with Gasteiger partial charge in [0.05, 0.1) is 9.47 Å². The Morgan fingerprint density at radius 1 is 0.676 bits per heavy atom. The fourth-order valence-corrected chi connectivity index (χ4v) is 4.14. The minimum Gasteiger partial charge on any atom is -0.435 e. The van der Waals surface area contributed by atoms with Crippen molar-refractivity contribution in [2.45, 2.75) is 110 Å². The van der Waals surface area contributed by atoms with Gasteiger partial charge in [-0.05, 0) is 51.4 Å². The number of rotatable bonds is 21. The quantitative estimate of drug-likeness (QED) is 0.138. The number of amides is 1. The van der Waals surface area contributed by atoms with Gasteiger partial charge < -0.3 is 9.84 Å². The van der Waals surface area contributed by atoms with Gasteiger partial charge in [-0.15, -0.1) is 13.2 Å². The van der Waals surface area contributed by atoms with E-state index in [0.29, 0.717) is 26.1 Å². The molecule has 0 saturated carbocycles. The number of nitrogens with zero attached hydrogens (tertiary/aromatic N) is 3. The number of halogens is 1. The Labute approximate surface area is 221 Å². The van der Waals surface area contributed by atoms with Gasteiger partial charge >= 0.3 is 23.2 Å². The maximum atomic E-state index is 13.1. The molecule has 0 saturated heterocycles. The van der Waals surface area contributed by atoms with Crippen LogP contribution in [-0.2, 0) is 24.2 Å². The second-order valence-electron chi connectivity index (χ2n) is 9.03. The molecule has 0 spiro atoms. The molecule has 0 aromatic carbocycles. The van der Waals surface area contributed by atoms with Crippen molar-refractivity contribution in [1.29, 1.82) is 0 Å². The van der Waals surface area contributed by atoms with Crippen LogP contribution in [0, 0.1) is 0 Å². The molecule has 11 heteroatoms. The third-order valence-electron chi connectivity index (χ3n) is 6.15. The maximum Gasteiger partial charge on any atom is 0.409 e. The van der Waals surface area contributed by atoms with E-state index in [4.69, 9.17) is 0 Å². The van der Waals surface area contributed by atoms with E-state index in [-0.39, 0.29) is 11.2 Å². The third-order valence-corrected chi connectivity index (χ3v) is 6.36. The SMILES string of the molecule is C=CCCCCCCn1c(=O)n(CCCCCCC=C)c(=O)n(CCCCCCNC(=O)OP)c1=O.F. The number of nitrogens with one attached hydrogen (secondary N) is 1. The lowest BCUT2D eigenvalue weighted by Crippen LogP contribution is -2.54. The summed E-state index contributed by atoms with van der Waals surface area (Å²) >= 11 is 0. The molecule has 1 rings (SSSR count). The molecule has 1 N–H and O–H groups in total. The number of unbranched alkanes of at least 4 members (excludes halogenated alkanes) is 11. The Morgan fingerprint density at radius 3 is 1.38 bits per heavy atom. The number of hydrogen-bond donors (Lipinski definition) is 1. The number of allylic oxidation sites excluding steroid dienone is 2. The molecule has 37 heavy (non-hydrogen) atoms. The molecule has 1 heterocycles. The van der Waals surface area contributed by atoms with E-state index < -0.39 is 23.2 Å². The summed E-state index contributed by atoms with van der Waals surface area (Å²) in [4.78, 5) is 50.3. The predicted molar refractivity (Wildman–Crippen MR) is 151 cm³/mol. The van der Waals surface area contributed by atoms with Crippen molar-refractivity contribution in [3.05, 3.63) is 56.8 Å². The first-order chi connectivity index (χ1) is 17.5. The molecule has 0 aliphatic carbocycles. The molecular formula is C26H46FN4O5P. The lowest BCUT2D eigenvalue weighted by molar-refractivity contribution is 0.207. The Morgan fingerprint density at radius 2 is 1.03 bits per heavy atom. The van der Waals surface area contributed by atoms with Crippen LogP contribution in [0.1, 0.15) is 89.9 Å². The zero-order valence-electron chi connectivity index (χ0n) is 22.2. The predicted octanol–water partition coefficient (Wildman–Crippen LogP) is 4.67. The molecule has 0 bridgehead atoms. The molecule has 0 aliphatic rings. The van der Waals surface area contributed by atoms with Crippen molar-refractivity contribution in [3.63, 3.8) is 0 Å². The van der Waals surface area contributed by atoms with Gasteiger partial charge in [0.25, 0.3) is 0 Å². The highest BCUT2D eigenvalue weighted by atomic mass is 31.0. The van der Waals surface area contributed by atoms with Crippen molar-refractivity contribution >= 4 is 15.6 Å². The zero-order valence-corrected chi connectivity index (χ0v) is 23.3. The molecule has 0 radical (unpaired) electrons. The molecule has 0 fully saturated rings. The number of carbonyl (C=O) groups is 1. The Kier molecular flexibility index (Phi) is 20.1. The van der Waals surface area contributed by atoms with E-state index in [1.807, 2.05) is 21.6 Å². The van der Waals surface area contributed by atoms with Crippen LogP contribution in [0.25, 0.3) is 0 Å². The molecule has 1 aromatic heterocycles. The number of carbonyl (C=O) groups excluding carboxylic acids is 1. The third kappa shape index (κ3) is 13.6. The summed E-state index contributed by atoms with van der Waals surface area (Å²) in [6.07, 6.45) is 15.7. The molecule has 1 unspecified atom stereocenters. The van der Waals surface area contributed by atoms with Gasteiger partial charge in [-0.25, -0.2) is 32.9 Å². The second-order valence-corrected chi connectivity index (χ2v) is 9.27. The largest absolute Gasteiger partial charge is 0.435 e. The molecule has 212 valence electrons. The Balaban J connectivity index is 0.0000130. The summed E-state index contributed by atoms with van der Waals surface area (Å²) in [5.74, 6) is 0. The van der Waals surface area contributed by atoms with Crippen LogP contribution >= 0.6 is 9.47 Å². The average molecular weight is 545 g/mol. The van der Waals surface area contributed by atoms with Crippen molar-refractivity contribution in [2.75, 3.05) is 6.54 Å². The van der Waals surface area contributed by atoms with Gasteiger partial charge in [-0.3, -0.25) is 4.70 Å². The molecule has 0 aliphatic heterocycles. The van der Waals surface area contributed by atoms with Crippen LogP contribution < -0.4 is 22.4 Å². The summed E-state index contributed by atoms with van der Waals surface area (Å²) in [7, 11) is 1.90. The van der Waals surface area contributed by atoms with E-state index in [1.165, 1.54) is 13.7 Å². The zero-order chi connectivity index (χ0) is 26.6. The van der Waals surface area contributed by atoms with Gasteiger partial charge in [-0.2, -0.15) is 0 Å². The fourth-order valence-electron chi connectivity index (χ4n) is 4.06. The van der Waals surface area contributed by atoms with E-state index in [1.54, 1.807) is 0 Å². The van der Waals surface area contributed by atoms with E-state index in [9.17, 15) is 19.2 Å². The van der Waals surface area contributed by atoms with Crippen LogP contribution in [-0.4, -0.2) is 26.3 Å². The highest BCUT2D eigenvalue weighted by Gasteiger charge is 2.15. The highest BCUT2D eigenvalue weighted by Crippen LogP contribution is 2.05. The topological polar surface area (TPSA) is 104 Å². The summed E-state index contributed by atoms with van der Waals surface area (Å²) in [5, 5.41) is 2.61. The monoisotopic (exact) mass is 544 g/mol. The smallest absolute Gasteiger partial charge is 0.409 e. The van der Waals surface area contributed by atoms with Crippen molar-refractivity contribution in [2.24, 2.45) is 0 Å². The molecule has 1 atom stereocenters. The Hall–Kier alpha value is -2.48. The molecule has 1 amide bonds. The molecular weight excluding hydrogens is 498 g/mol. The minimum atomic E-state index is -0.511. The summed E-state index contributed by atoms with van der Waals surface area (Å²) < 4.78 is 8.16. The van der Waals surface area contributed by atoms with E-state index >= 15 is 0 Å². The van der Waals surface area contributed by atoms with Crippen LogP contribution in [0.15, 0.2) is 39.7 Å². The van der Waals surface area contributed by atoms with Gasteiger partial charge in [0.2, 0.25) is 0 Å². The van der Waals surface area contributed by atoms with E-state index in [2.05, 4.69) is 23.0 Å². The van der Waals surface area contributed by atoms with Crippen LogP contribution in [0.3, 0.4) is 0 Å². The van der Waals surface area contributed by atoms with Crippen LogP contribution in [0.5, 0.6) is 0 Å². The summed E-state index contributed by atoms with van der Waals surface area (Å²) in [6.45, 7) is 8.88. The lowest BCUT2D eigenvalue weighted by Gasteiger charge is -2.14. The van der Waals surface area contributed by atoms with Gasteiger partial charge in [-0.1, -0.05) is 50.7 Å². The average Bonchev–Trinajstić information content (AvgIpc) is 2.87. The van der Waals surface area contributed by atoms with Crippen molar-refractivity contribution in [3.8, 4) is 0 Å². The first-order valence-corrected chi connectivity index (χ1v) is 13.8. The standard InChI is InChI=1S/C26H45N4O5P.FH/c1-3-5-7-9-12-16-20-28-24(32)29(21-17-13-10-8-6-4-2)26(34)30(25(28)33)22-18-14-11-15-19-27-23(31)35-36;/h3-4H,1-2,5-22,36H2,(H,27,31);1H. The second kappa shape index (κ2) is 21.6. The van der Waals surface area contributed by atoms with Crippen LogP contribution in [0.4, 0.5) is 9.50 Å². The van der Waals surface area contributed by atoms with E-state index in [0.717, 1.165) is 83.5 Å². The van der Waals surface area contributed by atoms with Crippen LogP contribution in [0.2, 0.25) is 0 Å². The van der Waals surface area contributed by atoms with Crippen molar-refractivity contribution < 1.29 is 14.0 Å². The lowest BCUT2D eigenvalue weighted by atomic mass is 10.1. The van der Waals surface area contributed by atoms with Gasteiger partial charge in [0.15, 0.2) is 0 Å². The first-order valence-electron chi connectivity index (χ1n) is 13.3. The van der Waals surface area contributed by atoms with Gasteiger partial charge in [0, 0.05) is 26.2 Å². The fraction of sp³-hybridized carbons (Fsp3) is 0.692. The highest BCUT2D eigenvalue weighted by molar-refractivity contribution is 7.10. The number of aromatic nitrogens is 3. The molecule has 1 aromatic rings. The normalized spacial score (nSPS) is 10.5. The Bertz CT molecular complexity index is 915.